The maximum Gasteiger partial charge on any atom is 0.294 e. The second-order valence-electron chi connectivity index (χ2n) is 8.64. The number of amides is 4. The van der Waals surface area contributed by atoms with E-state index in [2.05, 4.69) is 26.6 Å². The van der Waals surface area contributed by atoms with Crippen molar-refractivity contribution in [3.8, 4) is 17.2 Å². The zero-order chi connectivity index (χ0) is 30.2. The van der Waals surface area contributed by atoms with Crippen molar-refractivity contribution in [1.82, 2.24) is 4.90 Å². The number of rotatable bonds is 11. The van der Waals surface area contributed by atoms with Crippen LogP contribution in [0.2, 0.25) is 0 Å². The summed E-state index contributed by atoms with van der Waals surface area (Å²) in [5.41, 5.74) is 1.42. The summed E-state index contributed by atoms with van der Waals surface area (Å²) in [6.45, 7) is 1.26. The molecule has 42 heavy (non-hydrogen) atoms. The maximum atomic E-state index is 13.1. The Morgan fingerprint density at radius 3 is 2.21 bits per heavy atom. The molecule has 0 unspecified atom stereocenters. The van der Waals surface area contributed by atoms with Gasteiger partial charge in [-0.25, -0.2) is 4.39 Å². The maximum absolute atomic E-state index is 13.1. The van der Waals surface area contributed by atoms with E-state index in [1.54, 1.807) is 43.3 Å². The van der Waals surface area contributed by atoms with Crippen molar-refractivity contribution in [2.45, 2.75) is 6.92 Å². The molecule has 0 aromatic heterocycles. The lowest BCUT2D eigenvalue weighted by molar-refractivity contribution is -0.127. The standard InChI is InChI=1S/C29H25BrFN3O7S/c1-3-40-23-12-17(22(30)14-24(23)41-16-27(36)33-19-6-4-18(31)5-7-19)13-25-28(37)34(29(38)42-25)15-26(35)32-20-8-10-21(39-2)11-9-20/h4-14H,3,15-16H2,1-2H3,(H,32,35)(H,33,36)/b25-13+. The minimum Gasteiger partial charge on any atom is -0.497 e. The van der Waals surface area contributed by atoms with Gasteiger partial charge >= 0.3 is 0 Å². The number of anilines is 2. The molecule has 4 amide bonds. The summed E-state index contributed by atoms with van der Waals surface area (Å²) in [6, 6.07) is 15.1. The molecule has 3 aromatic rings. The molecule has 10 nitrogen and oxygen atoms in total. The summed E-state index contributed by atoms with van der Waals surface area (Å²) in [6.07, 6.45) is 1.50. The molecule has 1 aliphatic heterocycles. The molecule has 2 N–H and O–H groups in total. The molecular weight excluding hydrogens is 633 g/mol. The highest BCUT2D eigenvalue weighted by atomic mass is 79.9. The molecule has 1 aliphatic rings. The average Bonchev–Trinajstić information content (AvgIpc) is 3.22. The van der Waals surface area contributed by atoms with Crippen LogP contribution in [0, 0.1) is 5.82 Å². The minimum atomic E-state index is -0.613. The predicted molar refractivity (Wildman–Crippen MR) is 160 cm³/mol. The van der Waals surface area contributed by atoms with Crippen LogP contribution in [-0.4, -0.2) is 54.7 Å². The van der Waals surface area contributed by atoms with E-state index >= 15 is 0 Å². The van der Waals surface area contributed by atoms with Gasteiger partial charge in [-0.15, -0.1) is 0 Å². The number of nitrogens with zero attached hydrogens (tertiary/aromatic N) is 1. The minimum absolute atomic E-state index is 0.118. The van der Waals surface area contributed by atoms with Crippen LogP contribution in [0.15, 0.2) is 70.0 Å². The lowest BCUT2D eigenvalue weighted by Gasteiger charge is -2.14. The number of halogens is 2. The van der Waals surface area contributed by atoms with E-state index in [4.69, 9.17) is 14.2 Å². The monoisotopic (exact) mass is 657 g/mol. The normalized spacial score (nSPS) is 13.7. The molecule has 1 saturated heterocycles. The number of methoxy groups -OCH3 is 1. The van der Waals surface area contributed by atoms with Crippen molar-refractivity contribution < 1.29 is 37.8 Å². The fourth-order valence-corrected chi connectivity index (χ4v) is 4.98. The molecule has 0 aliphatic carbocycles. The summed E-state index contributed by atoms with van der Waals surface area (Å²) in [5, 5.41) is 4.67. The van der Waals surface area contributed by atoms with Gasteiger partial charge in [0.1, 0.15) is 18.1 Å². The third kappa shape index (κ3) is 7.89. The zero-order valence-corrected chi connectivity index (χ0v) is 24.8. The average molecular weight is 659 g/mol. The summed E-state index contributed by atoms with van der Waals surface area (Å²) in [4.78, 5) is 51.4. The van der Waals surface area contributed by atoms with Crippen LogP contribution in [0.25, 0.3) is 6.08 Å². The van der Waals surface area contributed by atoms with Gasteiger partial charge in [0.25, 0.3) is 17.1 Å². The van der Waals surface area contributed by atoms with Gasteiger partial charge in [-0.3, -0.25) is 24.1 Å². The van der Waals surface area contributed by atoms with Gasteiger partial charge in [0, 0.05) is 15.8 Å². The fraction of sp³-hybridized carbons (Fsp3) is 0.172. The van der Waals surface area contributed by atoms with Crippen molar-refractivity contribution in [3.05, 3.63) is 81.4 Å². The van der Waals surface area contributed by atoms with E-state index < -0.39 is 35.3 Å². The molecule has 0 bridgehead atoms. The third-order valence-corrected chi connectivity index (χ3v) is 7.28. The first-order valence-electron chi connectivity index (χ1n) is 12.5. The number of hydrogen-bond donors (Lipinski definition) is 2. The largest absolute Gasteiger partial charge is 0.497 e. The van der Waals surface area contributed by atoms with Crippen LogP contribution in [0.1, 0.15) is 12.5 Å². The number of hydrogen-bond acceptors (Lipinski definition) is 8. The number of nitrogens with one attached hydrogen (secondary N) is 2. The number of thioether (sulfide) groups is 1. The number of ether oxygens (including phenoxy) is 3. The van der Waals surface area contributed by atoms with E-state index in [0.29, 0.717) is 51.3 Å². The first-order chi connectivity index (χ1) is 20.2. The number of benzene rings is 3. The molecule has 1 fully saturated rings. The van der Waals surface area contributed by atoms with Gasteiger partial charge in [-0.05, 0) is 91.0 Å². The second-order valence-corrected chi connectivity index (χ2v) is 10.5. The fourth-order valence-electron chi connectivity index (χ4n) is 3.71. The topological polar surface area (TPSA) is 123 Å². The number of carbonyl (C=O) groups excluding carboxylic acids is 4. The van der Waals surface area contributed by atoms with Crippen molar-refractivity contribution in [1.29, 1.82) is 0 Å². The third-order valence-electron chi connectivity index (χ3n) is 5.69. The summed E-state index contributed by atoms with van der Waals surface area (Å²) >= 11 is 4.15. The lowest BCUT2D eigenvalue weighted by atomic mass is 10.1. The summed E-state index contributed by atoms with van der Waals surface area (Å²) < 4.78 is 30.0. The van der Waals surface area contributed by atoms with E-state index in [1.807, 2.05) is 0 Å². The number of imide groups is 1. The van der Waals surface area contributed by atoms with E-state index in [9.17, 15) is 23.6 Å². The molecule has 0 saturated carbocycles. The molecule has 4 rings (SSSR count). The second kappa shape index (κ2) is 14.0. The van der Waals surface area contributed by atoms with Crippen molar-refractivity contribution >= 4 is 68.1 Å². The van der Waals surface area contributed by atoms with Crippen molar-refractivity contribution in [2.24, 2.45) is 0 Å². The molecule has 0 spiro atoms. The van der Waals surface area contributed by atoms with Crippen molar-refractivity contribution in [2.75, 3.05) is 37.5 Å². The highest BCUT2D eigenvalue weighted by Gasteiger charge is 2.36. The lowest BCUT2D eigenvalue weighted by Crippen LogP contribution is -2.36. The molecule has 218 valence electrons. The molecule has 1 heterocycles. The Morgan fingerprint density at radius 2 is 1.57 bits per heavy atom. The van der Waals surface area contributed by atoms with E-state index in [0.717, 1.165) is 4.90 Å². The first-order valence-corrected chi connectivity index (χ1v) is 14.1. The van der Waals surface area contributed by atoms with Crippen LogP contribution in [0.5, 0.6) is 17.2 Å². The van der Waals surface area contributed by atoms with Gasteiger partial charge in [-0.1, -0.05) is 15.9 Å². The van der Waals surface area contributed by atoms with Gasteiger partial charge in [-0.2, -0.15) is 0 Å². The smallest absolute Gasteiger partial charge is 0.294 e. The Labute approximate surface area is 253 Å². The predicted octanol–water partition coefficient (Wildman–Crippen LogP) is 5.69. The Bertz CT molecular complexity index is 1530. The van der Waals surface area contributed by atoms with Crippen LogP contribution < -0.4 is 24.8 Å². The Hall–Kier alpha value is -4.36. The molecule has 13 heteroatoms. The SMILES string of the molecule is CCOc1cc(/C=C2/SC(=O)N(CC(=O)Nc3ccc(OC)cc3)C2=O)c(Br)cc1OCC(=O)Nc1ccc(F)cc1. The van der Waals surface area contributed by atoms with Crippen molar-refractivity contribution in [3.63, 3.8) is 0 Å². The first kappa shape index (κ1) is 30.6. The van der Waals surface area contributed by atoms with Gasteiger partial charge in [0.05, 0.1) is 18.6 Å². The number of carbonyl (C=O) groups is 4. The van der Waals surface area contributed by atoms with Gasteiger partial charge in [0.2, 0.25) is 5.91 Å². The molecule has 0 radical (unpaired) electrons. The Kier molecular flexibility index (Phi) is 10.2. The zero-order valence-electron chi connectivity index (χ0n) is 22.4. The van der Waals surface area contributed by atoms with Crippen LogP contribution in [0.3, 0.4) is 0 Å². The van der Waals surface area contributed by atoms with E-state index in [1.165, 1.54) is 37.5 Å². The summed E-state index contributed by atoms with van der Waals surface area (Å²) in [7, 11) is 1.53. The van der Waals surface area contributed by atoms with Crippen LogP contribution in [0.4, 0.5) is 20.6 Å². The van der Waals surface area contributed by atoms with Gasteiger partial charge in [0.15, 0.2) is 18.1 Å². The Morgan fingerprint density at radius 1 is 0.952 bits per heavy atom. The van der Waals surface area contributed by atoms with E-state index in [-0.39, 0.29) is 17.3 Å². The highest BCUT2D eigenvalue weighted by Crippen LogP contribution is 2.38. The van der Waals surface area contributed by atoms with Gasteiger partial charge < -0.3 is 24.8 Å². The molecule has 3 aromatic carbocycles. The molecule has 0 atom stereocenters. The Balaban J connectivity index is 1.43. The highest BCUT2D eigenvalue weighted by molar-refractivity contribution is 9.10. The van der Waals surface area contributed by atoms with Crippen LogP contribution >= 0.6 is 27.7 Å². The van der Waals surface area contributed by atoms with Crippen LogP contribution in [-0.2, 0) is 14.4 Å². The molecular formula is C29H25BrFN3O7S. The quantitative estimate of drug-likeness (QED) is 0.252. The summed E-state index contributed by atoms with van der Waals surface area (Å²) in [5.74, 6) is -0.844.